The fourth-order valence-electron chi connectivity index (χ4n) is 5.24. The highest BCUT2D eigenvalue weighted by Crippen LogP contribution is 2.39. The molecule has 2 aliphatic rings. The van der Waals surface area contributed by atoms with Crippen molar-refractivity contribution in [1.29, 1.82) is 0 Å². The fraction of sp³-hybridized carbons (Fsp3) is 0.517. The first kappa shape index (κ1) is 27.7. The fourth-order valence-corrected chi connectivity index (χ4v) is 5.24. The van der Waals surface area contributed by atoms with Crippen molar-refractivity contribution in [3.05, 3.63) is 59.4 Å². The van der Waals surface area contributed by atoms with Crippen molar-refractivity contribution in [3.8, 4) is 11.5 Å². The zero-order valence-corrected chi connectivity index (χ0v) is 22.8. The summed E-state index contributed by atoms with van der Waals surface area (Å²) < 4.78 is 31.7. The summed E-state index contributed by atoms with van der Waals surface area (Å²) in [5, 5.41) is 10.3. The average Bonchev–Trinajstić information content (AvgIpc) is 3.13. The lowest BCUT2D eigenvalue weighted by molar-refractivity contribution is -0.878. The molecule has 1 unspecified atom stereocenters. The van der Waals surface area contributed by atoms with Crippen LogP contribution in [0.1, 0.15) is 52.2 Å². The van der Waals surface area contributed by atoms with Gasteiger partial charge in [-0.1, -0.05) is 30.3 Å². The molecule has 0 bridgehead atoms. The lowest BCUT2D eigenvalue weighted by Gasteiger charge is -2.45. The summed E-state index contributed by atoms with van der Waals surface area (Å²) in [5.41, 5.74) is 0.502. The number of carbonyl (C=O) groups excluding carboxylic acids is 1. The largest absolute Gasteiger partial charge is 0.513 e. The molecule has 8 nitrogen and oxygen atoms in total. The average molecular weight is 530 g/mol. The van der Waals surface area contributed by atoms with E-state index in [9.17, 15) is 19.1 Å². The maximum Gasteiger partial charge on any atom is 0.513 e. The van der Waals surface area contributed by atoms with Gasteiger partial charge in [-0.2, -0.15) is 4.79 Å². The third-order valence-corrected chi connectivity index (χ3v) is 6.94. The number of carbonyl (C=O) groups is 2. The molecule has 4 rings (SSSR count). The molecule has 1 N–H and O–H groups in total. The summed E-state index contributed by atoms with van der Waals surface area (Å²) in [5.74, 6) is 0.168. The standard InChI is InChI=1S/C29H37FN2O6/c1-28(2,3)38-26(33)31-12-13-32(27(34)35,18-20-9-7-6-8-10-20)19-22(31)11-14-36-23-15-21-17-29(4,5)37-25(21)24(30)16-23/h6-10,15-16,22H,11-14,17-19H2,1-5H3/p+1/t22-,32?/m1/s1. The number of fused-ring (bicyclic) bond motifs is 1. The van der Waals surface area contributed by atoms with Crippen LogP contribution in [-0.4, -0.2) is 70.2 Å². The molecule has 2 aromatic rings. The van der Waals surface area contributed by atoms with Crippen LogP contribution in [0.25, 0.3) is 0 Å². The summed E-state index contributed by atoms with van der Waals surface area (Å²) in [6, 6.07) is 12.1. The first-order valence-corrected chi connectivity index (χ1v) is 13.0. The van der Waals surface area contributed by atoms with Crippen molar-refractivity contribution in [2.45, 2.75) is 71.2 Å². The minimum absolute atomic E-state index is 0.178. The molecule has 0 spiro atoms. The number of quaternary nitrogens is 1. The van der Waals surface area contributed by atoms with Crippen LogP contribution in [0.4, 0.5) is 14.0 Å². The molecule has 2 heterocycles. The molecular formula is C29H38FN2O6+. The van der Waals surface area contributed by atoms with Crippen molar-refractivity contribution in [2.75, 3.05) is 26.2 Å². The molecule has 0 saturated carbocycles. The highest BCUT2D eigenvalue weighted by molar-refractivity contribution is 5.69. The van der Waals surface area contributed by atoms with E-state index >= 15 is 0 Å². The van der Waals surface area contributed by atoms with E-state index in [0.717, 1.165) is 11.1 Å². The Morgan fingerprint density at radius 3 is 2.58 bits per heavy atom. The summed E-state index contributed by atoms with van der Waals surface area (Å²) >= 11 is 0. The van der Waals surface area contributed by atoms with Crippen LogP contribution in [0.15, 0.2) is 42.5 Å². The number of nitrogens with zero attached hydrogens (tertiary/aromatic N) is 2. The Morgan fingerprint density at radius 1 is 1.21 bits per heavy atom. The van der Waals surface area contributed by atoms with E-state index in [1.807, 2.05) is 44.2 Å². The van der Waals surface area contributed by atoms with E-state index in [4.69, 9.17) is 14.2 Å². The molecule has 2 aliphatic heterocycles. The lowest BCUT2D eigenvalue weighted by Crippen LogP contribution is -2.66. The number of benzene rings is 2. The van der Waals surface area contributed by atoms with Gasteiger partial charge in [-0.25, -0.2) is 13.7 Å². The molecule has 0 aliphatic carbocycles. The van der Waals surface area contributed by atoms with E-state index in [-0.39, 0.29) is 36.5 Å². The number of piperazine rings is 1. The van der Waals surface area contributed by atoms with Gasteiger partial charge in [0.25, 0.3) is 0 Å². The van der Waals surface area contributed by atoms with E-state index in [0.29, 0.717) is 25.1 Å². The van der Waals surface area contributed by atoms with Crippen molar-refractivity contribution < 1.29 is 37.8 Å². The monoisotopic (exact) mass is 529 g/mol. The lowest BCUT2D eigenvalue weighted by atomic mass is 10.0. The van der Waals surface area contributed by atoms with Crippen LogP contribution < -0.4 is 9.47 Å². The Kier molecular flexibility index (Phi) is 7.61. The van der Waals surface area contributed by atoms with Gasteiger partial charge in [0.05, 0.1) is 19.2 Å². The number of hydrogen-bond donors (Lipinski definition) is 1. The molecule has 206 valence electrons. The Balaban J connectivity index is 1.51. The van der Waals surface area contributed by atoms with Crippen molar-refractivity contribution in [3.63, 3.8) is 0 Å². The number of amides is 2. The van der Waals surface area contributed by atoms with Crippen LogP contribution in [0.3, 0.4) is 0 Å². The van der Waals surface area contributed by atoms with Crippen LogP contribution in [0, 0.1) is 5.82 Å². The molecule has 2 atom stereocenters. The van der Waals surface area contributed by atoms with Crippen molar-refractivity contribution >= 4 is 12.2 Å². The topological polar surface area (TPSA) is 85.3 Å². The Morgan fingerprint density at radius 2 is 1.92 bits per heavy atom. The van der Waals surface area contributed by atoms with Crippen molar-refractivity contribution in [2.24, 2.45) is 0 Å². The van der Waals surface area contributed by atoms with Gasteiger partial charge in [0.15, 0.2) is 11.6 Å². The molecule has 2 aromatic carbocycles. The van der Waals surface area contributed by atoms with Gasteiger partial charge < -0.3 is 19.3 Å². The second-order valence-corrected chi connectivity index (χ2v) is 11.9. The zero-order valence-electron chi connectivity index (χ0n) is 22.8. The van der Waals surface area contributed by atoms with Gasteiger partial charge in [0.1, 0.15) is 36.6 Å². The number of rotatable bonds is 6. The number of halogens is 1. The maximum absolute atomic E-state index is 14.7. The van der Waals surface area contributed by atoms with Gasteiger partial charge >= 0.3 is 12.2 Å². The smallest absolute Gasteiger partial charge is 0.493 e. The highest BCUT2D eigenvalue weighted by Gasteiger charge is 2.47. The second kappa shape index (κ2) is 10.4. The van der Waals surface area contributed by atoms with Gasteiger partial charge in [-0.3, -0.25) is 4.90 Å². The number of ether oxygens (including phenoxy) is 3. The SMILES string of the molecule is CC(C)(C)OC(=O)N1CC[N+](Cc2ccccc2)(C(=O)O)C[C@H]1CCOc1cc(F)c2c(c1)CC(C)(C)O2. The molecule has 1 fully saturated rings. The number of hydrogen-bond acceptors (Lipinski definition) is 5. The molecule has 0 aromatic heterocycles. The van der Waals surface area contributed by atoms with Crippen LogP contribution >= 0.6 is 0 Å². The third kappa shape index (κ3) is 6.38. The van der Waals surface area contributed by atoms with Crippen LogP contribution in [0.2, 0.25) is 0 Å². The molecule has 2 amide bonds. The first-order valence-electron chi connectivity index (χ1n) is 13.0. The summed E-state index contributed by atoms with van der Waals surface area (Å²) in [4.78, 5) is 27.3. The summed E-state index contributed by atoms with van der Waals surface area (Å²) in [7, 11) is 0. The Hall–Kier alpha value is -3.33. The minimum Gasteiger partial charge on any atom is -0.493 e. The number of carboxylic acid groups (broad SMARTS) is 1. The Labute approximate surface area is 223 Å². The predicted molar refractivity (Wildman–Crippen MR) is 140 cm³/mol. The van der Waals surface area contributed by atoms with Gasteiger partial charge in [0, 0.05) is 30.0 Å². The highest BCUT2D eigenvalue weighted by atomic mass is 19.1. The Bertz CT molecular complexity index is 1180. The predicted octanol–water partition coefficient (Wildman–Crippen LogP) is 5.62. The maximum atomic E-state index is 14.7. The van der Waals surface area contributed by atoms with E-state index in [1.165, 1.54) is 6.07 Å². The van der Waals surface area contributed by atoms with E-state index in [2.05, 4.69) is 0 Å². The van der Waals surface area contributed by atoms with E-state index in [1.54, 1.807) is 31.7 Å². The first-order chi connectivity index (χ1) is 17.8. The normalized spacial score (nSPS) is 22.4. The minimum atomic E-state index is -0.938. The van der Waals surface area contributed by atoms with Gasteiger partial charge in [-0.15, -0.1) is 0 Å². The van der Waals surface area contributed by atoms with Gasteiger partial charge in [0.2, 0.25) is 0 Å². The molecule has 1 saturated heterocycles. The molecular weight excluding hydrogens is 491 g/mol. The van der Waals surface area contributed by atoms with Crippen LogP contribution in [0.5, 0.6) is 11.5 Å². The second-order valence-electron chi connectivity index (χ2n) is 11.9. The van der Waals surface area contributed by atoms with Crippen LogP contribution in [-0.2, 0) is 17.7 Å². The quantitative estimate of drug-likeness (QED) is 0.489. The third-order valence-electron chi connectivity index (χ3n) is 6.94. The van der Waals surface area contributed by atoms with Crippen molar-refractivity contribution in [1.82, 2.24) is 4.90 Å². The van der Waals surface area contributed by atoms with E-state index < -0.39 is 35.2 Å². The molecule has 38 heavy (non-hydrogen) atoms. The van der Waals surface area contributed by atoms with Gasteiger partial charge in [-0.05, 0) is 40.7 Å². The summed E-state index contributed by atoms with van der Waals surface area (Å²) in [6.45, 7) is 10.4. The zero-order chi connectivity index (χ0) is 27.7. The molecule has 9 heteroatoms. The molecule has 0 radical (unpaired) electrons. The summed E-state index contributed by atoms with van der Waals surface area (Å²) in [6.07, 6.45) is -0.480.